The van der Waals surface area contributed by atoms with Crippen LogP contribution in [0.3, 0.4) is 0 Å². The fourth-order valence-electron chi connectivity index (χ4n) is 0.651. The first-order chi connectivity index (χ1) is 5.34. The van der Waals surface area contributed by atoms with Gasteiger partial charge in [-0.25, -0.2) is 0 Å². The zero-order valence-corrected chi connectivity index (χ0v) is 8.71. The summed E-state index contributed by atoms with van der Waals surface area (Å²) in [7, 11) is 2.46. The molecular formula is C7H5BrOS2. The number of halogens is 1. The Balaban J connectivity index is 2.69. The summed E-state index contributed by atoms with van der Waals surface area (Å²) in [6.45, 7) is 0. The molecule has 0 bridgehead atoms. The van der Waals surface area contributed by atoms with Crippen LogP contribution < -0.4 is 0 Å². The van der Waals surface area contributed by atoms with Gasteiger partial charge in [-0.1, -0.05) is 30.3 Å². The molecule has 0 aliphatic carbocycles. The van der Waals surface area contributed by atoms with Crippen LogP contribution in [0.2, 0.25) is 0 Å². The van der Waals surface area contributed by atoms with Crippen molar-refractivity contribution in [3.63, 3.8) is 0 Å². The SMILES string of the molecule is O=C(SSBr)c1ccccc1. The van der Waals surface area contributed by atoms with Gasteiger partial charge in [0.2, 0.25) is 5.12 Å². The Morgan fingerprint density at radius 1 is 1.27 bits per heavy atom. The Morgan fingerprint density at radius 2 is 1.91 bits per heavy atom. The molecule has 0 spiro atoms. The molecule has 0 aromatic heterocycles. The molecule has 0 fully saturated rings. The largest absolute Gasteiger partial charge is 0.281 e. The van der Waals surface area contributed by atoms with Crippen molar-refractivity contribution in [1.29, 1.82) is 0 Å². The van der Waals surface area contributed by atoms with Gasteiger partial charge in [-0.15, -0.1) is 0 Å². The summed E-state index contributed by atoms with van der Waals surface area (Å²) in [6.07, 6.45) is 0. The van der Waals surface area contributed by atoms with Crippen molar-refractivity contribution in [2.24, 2.45) is 0 Å². The first-order valence-corrected chi connectivity index (χ1v) is 6.88. The summed E-state index contributed by atoms with van der Waals surface area (Å²) in [4.78, 5) is 11.2. The molecule has 0 atom stereocenters. The average Bonchev–Trinajstić information content (AvgIpc) is 2.07. The van der Waals surface area contributed by atoms with Crippen LogP contribution in [0.15, 0.2) is 30.3 Å². The van der Waals surface area contributed by atoms with Crippen LogP contribution in [-0.2, 0) is 0 Å². The summed E-state index contributed by atoms with van der Waals surface area (Å²) in [5.74, 6) is 0. The Kier molecular flexibility index (Phi) is 4.04. The van der Waals surface area contributed by atoms with E-state index in [0.29, 0.717) is 0 Å². The molecule has 11 heavy (non-hydrogen) atoms. The predicted octanol–water partition coefficient (Wildman–Crippen LogP) is 3.52. The number of hydrogen-bond donors (Lipinski definition) is 0. The van der Waals surface area contributed by atoms with Gasteiger partial charge in [0.1, 0.15) is 0 Å². The Hall–Kier alpha value is 0.0700. The third kappa shape index (κ3) is 2.89. The van der Waals surface area contributed by atoms with Crippen LogP contribution >= 0.6 is 34.8 Å². The number of rotatable bonds is 2. The zero-order chi connectivity index (χ0) is 8.10. The van der Waals surface area contributed by atoms with Crippen molar-refractivity contribution in [1.82, 2.24) is 0 Å². The molecule has 0 aliphatic heterocycles. The quantitative estimate of drug-likeness (QED) is 0.746. The van der Waals surface area contributed by atoms with Gasteiger partial charge in [-0.05, 0) is 20.0 Å². The third-order valence-corrected chi connectivity index (χ3v) is 3.40. The fourth-order valence-corrected chi connectivity index (χ4v) is 2.48. The van der Waals surface area contributed by atoms with Crippen molar-refractivity contribution >= 4 is 39.9 Å². The second-order valence-corrected chi connectivity index (χ2v) is 5.72. The third-order valence-electron chi connectivity index (χ3n) is 1.12. The van der Waals surface area contributed by atoms with Gasteiger partial charge in [0.05, 0.1) is 0 Å². The van der Waals surface area contributed by atoms with E-state index in [1.54, 1.807) is 12.1 Å². The van der Waals surface area contributed by atoms with Crippen molar-refractivity contribution in [3.8, 4) is 0 Å². The molecule has 0 heterocycles. The molecule has 0 unspecified atom stereocenters. The highest BCUT2D eigenvalue weighted by atomic mass is 79.9. The smallest absolute Gasteiger partial charge is 0.230 e. The highest BCUT2D eigenvalue weighted by molar-refractivity contribution is 9.61. The van der Waals surface area contributed by atoms with Crippen LogP contribution in [-0.4, -0.2) is 5.12 Å². The number of benzene rings is 1. The van der Waals surface area contributed by atoms with Gasteiger partial charge in [0, 0.05) is 20.4 Å². The minimum atomic E-state index is 0.0764. The van der Waals surface area contributed by atoms with E-state index in [4.69, 9.17) is 0 Å². The molecule has 4 heteroatoms. The molecule has 0 radical (unpaired) electrons. The van der Waals surface area contributed by atoms with E-state index in [-0.39, 0.29) is 5.12 Å². The van der Waals surface area contributed by atoms with Crippen LogP contribution in [0.4, 0.5) is 0 Å². The lowest BCUT2D eigenvalue weighted by molar-refractivity contribution is 0.109. The van der Waals surface area contributed by atoms with E-state index in [1.165, 1.54) is 20.0 Å². The predicted molar refractivity (Wildman–Crippen MR) is 54.9 cm³/mol. The number of carbonyl (C=O) groups excluding carboxylic acids is 1. The van der Waals surface area contributed by atoms with Crippen molar-refractivity contribution in [3.05, 3.63) is 35.9 Å². The standard InChI is InChI=1S/C7H5BrOS2/c8-11-10-7(9)6-4-2-1-3-5-6/h1-5H. The topological polar surface area (TPSA) is 17.1 Å². The Morgan fingerprint density at radius 3 is 2.45 bits per heavy atom. The van der Waals surface area contributed by atoms with E-state index < -0.39 is 0 Å². The number of carbonyl (C=O) groups is 1. The molecule has 1 nitrogen and oxygen atoms in total. The lowest BCUT2D eigenvalue weighted by atomic mass is 10.2. The molecule has 0 amide bonds. The molecule has 58 valence electrons. The molecule has 0 aliphatic rings. The van der Waals surface area contributed by atoms with Crippen LogP contribution in [0.1, 0.15) is 10.4 Å². The van der Waals surface area contributed by atoms with Gasteiger partial charge in [0.25, 0.3) is 0 Å². The normalized spacial score (nSPS) is 9.55. The lowest BCUT2D eigenvalue weighted by Gasteiger charge is -1.94. The maximum atomic E-state index is 11.2. The summed E-state index contributed by atoms with van der Waals surface area (Å²) in [5.41, 5.74) is 0.740. The fraction of sp³-hybridized carbons (Fsp3) is 0. The highest BCUT2D eigenvalue weighted by Crippen LogP contribution is 2.30. The summed E-state index contributed by atoms with van der Waals surface area (Å²) >= 11 is 3.11. The van der Waals surface area contributed by atoms with Crippen molar-refractivity contribution in [2.75, 3.05) is 0 Å². The van der Waals surface area contributed by atoms with Crippen LogP contribution in [0.5, 0.6) is 0 Å². The summed E-state index contributed by atoms with van der Waals surface area (Å²) in [5, 5.41) is 0.0764. The maximum Gasteiger partial charge on any atom is 0.230 e. The molecule has 0 saturated carbocycles. The minimum absolute atomic E-state index is 0.0764. The lowest BCUT2D eigenvalue weighted by Crippen LogP contribution is -1.88. The number of hydrogen-bond acceptors (Lipinski definition) is 3. The van der Waals surface area contributed by atoms with E-state index >= 15 is 0 Å². The van der Waals surface area contributed by atoms with E-state index in [9.17, 15) is 4.79 Å². The molecule has 1 aromatic carbocycles. The maximum absolute atomic E-state index is 11.2. The summed E-state index contributed by atoms with van der Waals surface area (Å²) in [6, 6.07) is 9.21. The van der Waals surface area contributed by atoms with E-state index in [1.807, 2.05) is 18.2 Å². The van der Waals surface area contributed by atoms with Gasteiger partial charge in [-0.2, -0.15) is 0 Å². The van der Waals surface area contributed by atoms with Gasteiger partial charge < -0.3 is 0 Å². The monoisotopic (exact) mass is 248 g/mol. The molecular weight excluding hydrogens is 244 g/mol. The Labute approximate surface area is 80.5 Å². The minimum Gasteiger partial charge on any atom is -0.281 e. The van der Waals surface area contributed by atoms with Crippen molar-refractivity contribution < 1.29 is 4.79 Å². The second kappa shape index (κ2) is 4.85. The van der Waals surface area contributed by atoms with Crippen LogP contribution in [0.25, 0.3) is 0 Å². The van der Waals surface area contributed by atoms with Gasteiger partial charge in [0.15, 0.2) is 0 Å². The molecule has 1 aromatic rings. The molecule has 0 N–H and O–H groups in total. The molecule has 0 saturated heterocycles. The van der Waals surface area contributed by atoms with Crippen LogP contribution in [0, 0.1) is 0 Å². The Bertz CT molecular complexity index is 237. The first kappa shape index (κ1) is 9.16. The van der Waals surface area contributed by atoms with E-state index in [2.05, 4.69) is 14.8 Å². The molecule has 1 rings (SSSR count). The average molecular weight is 249 g/mol. The highest BCUT2D eigenvalue weighted by Gasteiger charge is 2.03. The second-order valence-electron chi connectivity index (χ2n) is 1.80. The zero-order valence-electron chi connectivity index (χ0n) is 5.49. The van der Waals surface area contributed by atoms with E-state index in [0.717, 1.165) is 5.56 Å². The van der Waals surface area contributed by atoms with Crippen molar-refractivity contribution in [2.45, 2.75) is 0 Å². The first-order valence-electron chi connectivity index (χ1n) is 2.89. The summed E-state index contributed by atoms with van der Waals surface area (Å²) < 4.78 is 0. The van der Waals surface area contributed by atoms with Gasteiger partial charge >= 0.3 is 0 Å². The van der Waals surface area contributed by atoms with Gasteiger partial charge in [-0.3, -0.25) is 4.79 Å².